The molecule has 0 aliphatic carbocycles. The highest BCUT2D eigenvalue weighted by molar-refractivity contribution is 5.42. The van der Waals surface area contributed by atoms with E-state index in [0.29, 0.717) is 17.9 Å². The van der Waals surface area contributed by atoms with Gasteiger partial charge >= 0.3 is 0 Å². The lowest BCUT2D eigenvalue weighted by Crippen LogP contribution is -1.98. The molecule has 0 atom stereocenters. The van der Waals surface area contributed by atoms with Crippen LogP contribution in [0.5, 0.6) is 5.75 Å². The minimum Gasteiger partial charge on any atom is -0.492 e. The second-order valence-corrected chi connectivity index (χ2v) is 3.02. The van der Waals surface area contributed by atoms with Crippen molar-refractivity contribution in [2.75, 3.05) is 6.61 Å². The van der Waals surface area contributed by atoms with Crippen molar-refractivity contribution in [1.29, 1.82) is 5.26 Å². The fourth-order valence-electron chi connectivity index (χ4n) is 1.15. The molecule has 0 aliphatic heterocycles. The first-order valence-electron chi connectivity index (χ1n) is 4.79. The number of hydrogen-bond acceptors (Lipinski definition) is 2. The summed E-state index contributed by atoms with van der Waals surface area (Å²) in [5.74, 6) is 0.680. The molecule has 1 aromatic rings. The Morgan fingerprint density at radius 3 is 2.79 bits per heavy atom. The Labute approximate surface area is 85.1 Å². The smallest absolute Gasteiger partial charge is 0.137 e. The zero-order chi connectivity index (χ0) is 10.2. The molecule has 0 aliphatic rings. The third-order valence-electron chi connectivity index (χ3n) is 1.91. The van der Waals surface area contributed by atoms with Crippen LogP contribution < -0.4 is 4.74 Å². The summed E-state index contributed by atoms with van der Waals surface area (Å²) in [5, 5.41) is 8.78. The van der Waals surface area contributed by atoms with Gasteiger partial charge in [0.25, 0.3) is 0 Å². The molecule has 14 heavy (non-hydrogen) atoms. The van der Waals surface area contributed by atoms with Crippen LogP contribution in [0.15, 0.2) is 24.3 Å². The summed E-state index contributed by atoms with van der Waals surface area (Å²) in [7, 11) is 0. The van der Waals surface area contributed by atoms with E-state index in [2.05, 4.69) is 13.0 Å². The van der Waals surface area contributed by atoms with Gasteiger partial charge in [-0.15, -0.1) is 0 Å². The van der Waals surface area contributed by atoms with Crippen molar-refractivity contribution in [3.8, 4) is 11.8 Å². The normalized spacial score (nSPS) is 9.43. The minimum absolute atomic E-state index is 0.599. The molecule has 2 nitrogen and oxygen atoms in total. The molecule has 0 bridgehead atoms. The molecule has 2 heteroatoms. The molecule has 0 fully saturated rings. The van der Waals surface area contributed by atoms with Crippen molar-refractivity contribution in [1.82, 2.24) is 0 Å². The van der Waals surface area contributed by atoms with Crippen molar-refractivity contribution in [2.45, 2.75) is 19.3 Å². The third kappa shape index (κ3) is 3.10. The van der Waals surface area contributed by atoms with E-state index >= 15 is 0 Å². The molecular weight excluding hydrogens is 174 g/mol. The SMILES string of the molecule is [CH2]CCCCOc1ccccc1C#N. The van der Waals surface area contributed by atoms with Crippen molar-refractivity contribution in [2.24, 2.45) is 0 Å². The predicted molar refractivity (Wildman–Crippen MR) is 55.9 cm³/mol. The number of ether oxygens (including phenoxy) is 1. The summed E-state index contributed by atoms with van der Waals surface area (Å²) in [6, 6.07) is 9.39. The van der Waals surface area contributed by atoms with Crippen molar-refractivity contribution in [3.63, 3.8) is 0 Å². The van der Waals surface area contributed by atoms with E-state index in [4.69, 9.17) is 10.00 Å². The summed E-state index contributed by atoms with van der Waals surface area (Å²) in [6.07, 6.45) is 2.99. The number of para-hydroxylation sites is 1. The number of benzene rings is 1. The van der Waals surface area contributed by atoms with Crippen LogP contribution >= 0.6 is 0 Å². The summed E-state index contributed by atoms with van der Waals surface area (Å²) >= 11 is 0. The summed E-state index contributed by atoms with van der Waals surface area (Å²) in [4.78, 5) is 0. The van der Waals surface area contributed by atoms with Crippen LogP contribution in [0.25, 0.3) is 0 Å². The average Bonchev–Trinajstić information content (AvgIpc) is 2.25. The second-order valence-electron chi connectivity index (χ2n) is 3.02. The van der Waals surface area contributed by atoms with E-state index in [9.17, 15) is 0 Å². The van der Waals surface area contributed by atoms with Gasteiger partial charge in [0, 0.05) is 0 Å². The molecule has 0 N–H and O–H groups in total. The minimum atomic E-state index is 0.599. The predicted octanol–water partition coefficient (Wildman–Crippen LogP) is 2.94. The standard InChI is InChI=1S/C12H14NO/c1-2-3-6-9-14-12-8-5-4-7-11(12)10-13/h4-5,7-8H,1-3,6,9H2. The van der Waals surface area contributed by atoms with E-state index in [1.807, 2.05) is 18.2 Å². The van der Waals surface area contributed by atoms with Gasteiger partial charge in [0.1, 0.15) is 11.8 Å². The van der Waals surface area contributed by atoms with Crippen molar-refractivity contribution in [3.05, 3.63) is 36.8 Å². The Morgan fingerprint density at radius 1 is 1.29 bits per heavy atom. The number of nitriles is 1. The molecule has 73 valence electrons. The molecule has 0 saturated heterocycles. The maximum absolute atomic E-state index is 8.78. The highest BCUT2D eigenvalue weighted by atomic mass is 16.5. The van der Waals surface area contributed by atoms with Gasteiger partial charge in [-0.25, -0.2) is 0 Å². The zero-order valence-corrected chi connectivity index (χ0v) is 8.20. The Hall–Kier alpha value is -1.49. The molecule has 0 heterocycles. The lowest BCUT2D eigenvalue weighted by molar-refractivity contribution is 0.306. The first kappa shape index (κ1) is 10.6. The molecule has 0 amide bonds. The van der Waals surface area contributed by atoms with Crippen molar-refractivity contribution < 1.29 is 4.74 Å². The van der Waals surface area contributed by atoms with Gasteiger partial charge in [-0.1, -0.05) is 31.9 Å². The van der Waals surface area contributed by atoms with Crippen molar-refractivity contribution >= 4 is 0 Å². The summed E-state index contributed by atoms with van der Waals surface area (Å²) < 4.78 is 5.48. The maximum Gasteiger partial charge on any atom is 0.137 e. The van der Waals surface area contributed by atoms with E-state index in [1.54, 1.807) is 6.07 Å². The molecule has 0 saturated carbocycles. The Balaban J connectivity index is 2.46. The van der Waals surface area contributed by atoms with Gasteiger partial charge in [0.2, 0.25) is 0 Å². The van der Waals surface area contributed by atoms with Gasteiger partial charge in [-0.05, 0) is 18.6 Å². The number of nitrogens with zero attached hydrogens (tertiary/aromatic N) is 1. The summed E-state index contributed by atoms with van der Waals surface area (Å²) in [6.45, 7) is 4.42. The van der Waals surface area contributed by atoms with Crippen LogP contribution in [0.1, 0.15) is 24.8 Å². The fourth-order valence-corrected chi connectivity index (χ4v) is 1.15. The van der Waals surface area contributed by atoms with Gasteiger partial charge in [-0.3, -0.25) is 0 Å². The number of unbranched alkanes of at least 4 members (excludes halogenated alkanes) is 2. The van der Waals surface area contributed by atoms with Gasteiger partial charge in [-0.2, -0.15) is 5.26 Å². The second kappa shape index (κ2) is 6.04. The average molecular weight is 188 g/mol. The largest absolute Gasteiger partial charge is 0.492 e. The molecule has 1 aromatic carbocycles. The highest BCUT2D eigenvalue weighted by Gasteiger charge is 2.00. The summed E-state index contributed by atoms with van der Waals surface area (Å²) in [5.41, 5.74) is 0.599. The first-order valence-corrected chi connectivity index (χ1v) is 4.79. The van der Waals surface area contributed by atoms with E-state index < -0.39 is 0 Å². The van der Waals surface area contributed by atoms with E-state index in [0.717, 1.165) is 19.3 Å². The lowest BCUT2D eigenvalue weighted by Gasteiger charge is -2.06. The molecule has 1 rings (SSSR count). The van der Waals surface area contributed by atoms with Crippen LogP contribution in [0.4, 0.5) is 0 Å². The Morgan fingerprint density at radius 2 is 2.07 bits per heavy atom. The van der Waals surface area contributed by atoms with Gasteiger partial charge in [0.15, 0.2) is 0 Å². The van der Waals surface area contributed by atoms with Crippen LogP contribution in [0.2, 0.25) is 0 Å². The number of rotatable bonds is 5. The molecule has 0 unspecified atom stereocenters. The van der Waals surface area contributed by atoms with Crippen LogP contribution in [0.3, 0.4) is 0 Å². The van der Waals surface area contributed by atoms with E-state index in [-0.39, 0.29) is 0 Å². The van der Waals surface area contributed by atoms with E-state index in [1.165, 1.54) is 0 Å². The molecule has 0 spiro atoms. The third-order valence-corrected chi connectivity index (χ3v) is 1.91. The Kier molecular flexibility index (Phi) is 4.57. The lowest BCUT2D eigenvalue weighted by atomic mass is 10.2. The Bertz CT molecular complexity index is 314. The monoisotopic (exact) mass is 188 g/mol. The molecular formula is C12H14NO. The first-order chi connectivity index (χ1) is 6.88. The highest BCUT2D eigenvalue weighted by Crippen LogP contribution is 2.16. The molecule has 0 aromatic heterocycles. The van der Waals surface area contributed by atoms with Gasteiger partial charge in [0.05, 0.1) is 12.2 Å². The number of hydrogen-bond donors (Lipinski definition) is 0. The molecule has 1 radical (unpaired) electrons. The van der Waals surface area contributed by atoms with Crippen LogP contribution in [0, 0.1) is 18.3 Å². The topological polar surface area (TPSA) is 33.0 Å². The van der Waals surface area contributed by atoms with Gasteiger partial charge < -0.3 is 4.74 Å². The van der Waals surface area contributed by atoms with Crippen LogP contribution in [-0.4, -0.2) is 6.61 Å². The quantitative estimate of drug-likeness (QED) is 0.665. The zero-order valence-electron chi connectivity index (χ0n) is 8.20. The maximum atomic E-state index is 8.78. The fraction of sp³-hybridized carbons (Fsp3) is 0.333. The van der Waals surface area contributed by atoms with Crippen LogP contribution in [-0.2, 0) is 0 Å².